The minimum absolute atomic E-state index is 0. The van der Waals surface area contributed by atoms with Crippen LogP contribution in [0.5, 0.6) is 0 Å². The first kappa shape index (κ1) is 40.8. The van der Waals surface area contributed by atoms with Gasteiger partial charge in [0.05, 0.1) is 33.4 Å². The molecule has 55 heavy (non-hydrogen) atoms. The van der Waals surface area contributed by atoms with E-state index in [9.17, 15) is 0 Å². The average Bonchev–Trinajstić information content (AvgIpc) is 4.07. The van der Waals surface area contributed by atoms with Gasteiger partial charge in [-0.3, -0.25) is 9.98 Å². The number of nitrogens with zero attached hydrogens (tertiary/aromatic N) is 4. The number of rotatable bonds is 2. The minimum atomic E-state index is 0. The summed E-state index contributed by atoms with van der Waals surface area (Å²) in [6.07, 6.45) is 10.1. The molecule has 10 rings (SSSR count). The van der Waals surface area contributed by atoms with E-state index >= 15 is 0 Å². The van der Waals surface area contributed by atoms with Crippen LogP contribution in [0.3, 0.4) is 0 Å². The molecule has 8 aromatic rings. The Morgan fingerprint density at radius 2 is 0.655 bits per heavy atom. The molecular formula is C47H44N4OS2Yb+. The molecule has 8 heteroatoms. The van der Waals surface area contributed by atoms with E-state index in [0.717, 1.165) is 46.7 Å². The van der Waals surface area contributed by atoms with Crippen molar-refractivity contribution in [3.63, 3.8) is 0 Å². The molecule has 1 aliphatic heterocycles. The molecular weight excluding hydrogens is 874 g/mol. The summed E-state index contributed by atoms with van der Waals surface area (Å²) in [6, 6.07) is 52.8. The molecule has 0 N–H and O–H groups in total. The zero-order valence-corrected chi connectivity index (χ0v) is 34.0. The third-order valence-electron chi connectivity index (χ3n) is 9.58. The first-order valence-corrected chi connectivity index (χ1v) is 19.7. The van der Waals surface area contributed by atoms with Crippen molar-refractivity contribution in [1.29, 1.82) is 0 Å². The molecule has 283 valence electrons. The molecule has 1 saturated carbocycles. The first-order valence-electron chi connectivity index (χ1n) is 18.9. The Kier molecular flexibility index (Phi) is 15.5. The zero-order chi connectivity index (χ0) is 37.0. The Hall–Kier alpha value is -3.82. The summed E-state index contributed by atoms with van der Waals surface area (Å²) in [4.78, 5) is 9.19. The van der Waals surface area contributed by atoms with Crippen molar-refractivity contribution in [3.8, 4) is 0 Å². The summed E-state index contributed by atoms with van der Waals surface area (Å²) >= 11 is 11.2. The SMILES string of the molecule is C1CCCC1.C1CCOC1.[S-]C(=Nc1ccccc1)n1c2ccccc2c2ccccc21.[S-]C(=Nc1ccccc1)n1c2ccccc2c2ccccc21.[Yb+3]. The van der Waals surface area contributed by atoms with Crippen molar-refractivity contribution in [2.75, 3.05) is 13.2 Å². The number of aromatic nitrogens is 2. The van der Waals surface area contributed by atoms with Gasteiger partial charge in [-0.25, -0.2) is 0 Å². The van der Waals surface area contributed by atoms with Crippen LogP contribution in [0, 0.1) is 46.9 Å². The molecule has 0 bridgehead atoms. The van der Waals surface area contributed by atoms with Gasteiger partial charge in [0, 0.05) is 34.8 Å². The molecule has 5 nitrogen and oxygen atoms in total. The molecule has 6 aromatic carbocycles. The standard InChI is InChI=1S/2C19H14N2S.C5H10.C4H8O.Yb/c2*22-19(20-14-8-2-1-3-9-14)21-17-12-6-4-10-15(17)16-11-5-7-13-18(16)21;2*1-2-4-5-3-1;/h2*1-13H,(H,20,22);1-5H2;1-4H2;/q;;;;+3/p-2. The van der Waals surface area contributed by atoms with Gasteiger partial charge in [-0.2, -0.15) is 0 Å². The number of benzene rings is 6. The zero-order valence-electron chi connectivity index (χ0n) is 30.7. The van der Waals surface area contributed by atoms with Gasteiger partial charge in [-0.05, 0) is 71.7 Å². The molecule has 2 fully saturated rings. The minimum Gasteiger partial charge on any atom is -0.742 e. The maximum Gasteiger partial charge on any atom is 3.00 e. The summed E-state index contributed by atoms with van der Waals surface area (Å²) in [5, 5.41) is 5.91. The smallest absolute Gasteiger partial charge is 0.742 e. The van der Waals surface area contributed by atoms with E-state index in [1.54, 1.807) is 0 Å². The van der Waals surface area contributed by atoms with E-state index in [-0.39, 0.29) is 46.9 Å². The Balaban J connectivity index is 0.000000147. The summed E-state index contributed by atoms with van der Waals surface area (Å²) in [5.41, 5.74) is 6.10. The van der Waals surface area contributed by atoms with Gasteiger partial charge in [-0.1, -0.05) is 141 Å². The van der Waals surface area contributed by atoms with Crippen LogP contribution in [0.4, 0.5) is 11.4 Å². The maximum atomic E-state index is 5.61. The van der Waals surface area contributed by atoms with E-state index in [4.69, 9.17) is 30.0 Å². The summed E-state index contributed by atoms with van der Waals surface area (Å²) in [7, 11) is 0. The van der Waals surface area contributed by atoms with Gasteiger partial charge < -0.3 is 39.1 Å². The monoisotopic (exact) mass is 918 g/mol. The fraction of sp³-hybridized carbons (Fsp3) is 0.191. The van der Waals surface area contributed by atoms with E-state index in [1.165, 1.54) is 66.5 Å². The van der Waals surface area contributed by atoms with Crippen LogP contribution in [0.2, 0.25) is 0 Å². The molecule has 3 heterocycles. The van der Waals surface area contributed by atoms with Crippen molar-refractivity contribution in [2.24, 2.45) is 9.98 Å². The van der Waals surface area contributed by atoms with Crippen LogP contribution in [0.25, 0.3) is 43.6 Å². The number of ether oxygens (including phenoxy) is 1. The summed E-state index contributed by atoms with van der Waals surface area (Å²) < 4.78 is 9.04. The maximum absolute atomic E-state index is 5.61. The van der Waals surface area contributed by atoms with E-state index < -0.39 is 0 Å². The second-order valence-electron chi connectivity index (χ2n) is 13.3. The third-order valence-corrected chi connectivity index (χ3v) is 10.1. The van der Waals surface area contributed by atoms with Crippen molar-refractivity contribution in [1.82, 2.24) is 9.13 Å². The van der Waals surface area contributed by atoms with E-state index in [2.05, 4.69) is 82.8 Å². The molecule has 0 unspecified atom stereocenters. The molecule has 1 aliphatic carbocycles. The Labute approximate surface area is 373 Å². The predicted octanol–water partition coefficient (Wildman–Crippen LogP) is 12.5. The second kappa shape index (κ2) is 20.9. The molecule has 0 amide bonds. The molecule has 0 spiro atoms. The summed E-state index contributed by atoms with van der Waals surface area (Å²) in [5.74, 6) is 0. The Bertz CT molecular complexity index is 2190. The van der Waals surface area contributed by atoms with E-state index in [1.807, 2.05) is 94.1 Å². The van der Waals surface area contributed by atoms with Gasteiger partial charge in [0.15, 0.2) is 0 Å². The van der Waals surface area contributed by atoms with Gasteiger partial charge in [0.1, 0.15) is 0 Å². The average molecular weight is 918 g/mol. The number of hydrogen-bond donors (Lipinski definition) is 0. The molecule has 1 saturated heterocycles. The fourth-order valence-electron chi connectivity index (χ4n) is 6.98. The fourth-order valence-corrected chi connectivity index (χ4v) is 7.58. The number of hydrogen-bond acceptors (Lipinski definition) is 5. The largest absolute Gasteiger partial charge is 3.00 e. The van der Waals surface area contributed by atoms with Gasteiger partial charge in [0.25, 0.3) is 0 Å². The third kappa shape index (κ3) is 10.3. The molecule has 2 aromatic heterocycles. The summed E-state index contributed by atoms with van der Waals surface area (Å²) in [6.45, 7) is 2.00. The molecule has 2 aliphatic rings. The van der Waals surface area contributed by atoms with Gasteiger partial charge in [-0.15, -0.1) is 0 Å². The predicted molar refractivity (Wildman–Crippen MR) is 235 cm³/mol. The van der Waals surface area contributed by atoms with Crippen LogP contribution in [0.1, 0.15) is 44.9 Å². The first-order chi connectivity index (χ1) is 26.7. The molecule has 0 atom stereocenters. The van der Waals surface area contributed by atoms with Gasteiger partial charge >= 0.3 is 46.9 Å². The number of para-hydroxylation sites is 6. The van der Waals surface area contributed by atoms with Crippen LogP contribution in [-0.2, 0) is 30.0 Å². The van der Waals surface area contributed by atoms with Crippen LogP contribution in [0.15, 0.2) is 168 Å². The van der Waals surface area contributed by atoms with Crippen LogP contribution < -0.4 is 0 Å². The van der Waals surface area contributed by atoms with Crippen LogP contribution >= 0.6 is 0 Å². The number of aliphatic imine (C=N–C) groups is 2. The van der Waals surface area contributed by atoms with Crippen molar-refractivity contribution in [3.05, 3.63) is 158 Å². The number of fused-ring (bicyclic) bond motifs is 6. The van der Waals surface area contributed by atoms with Crippen molar-refractivity contribution in [2.45, 2.75) is 44.9 Å². The van der Waals surface area contributed by atoms with E-state index in [0.29, 0.717) is 10.3 Å². The Morgan fingerprint density at radius 1 is 0.382 bits per heavy atom. The van der Waals surface area contributed by atoms with Crippen LogP contribution in [-0.4, -0.2) is 32.7 Å². The quantitative estimate of drug-likeness (QED) is 0.0986. The molecule has 1 radical (unpaired) electrons. The second-order valence-corrected chi connectivity index (χ2v) is 14.0. The normalized spacial score (nSPS) is 14.0. The topological polar surface area (TPSA) is 43.8 Å². The van der Waals surface area contributed by atoms with Crippen molar-refractivity contribution >= 4 is 90.6 Å². The van der Waals surface area contributed by atoms with Gasteiger partial charge in [0.2, 0.25) is 0 Å². The van der Waals surface area contributed by atoms with Crippen molar-refractivity contribution < 1.29 is 51.7 Å². The Morgan fingerprint density at radius 3 is 0.927 bits per heavy atom.